The topological polar surface area (TPSA) is 70.5 Å². The number of hydrogen-bond donors (Lipinski definition) is 1. The quantitative estimate of drug-likeness (QED) is 0.363. The number of aromatic nitrogens is 2. The molecule has 1 aromatic heterocycles. The van der Waals surface area contributed by atoms with Crippen molar-refractivity contribution in [3.63, 3.8) is 0 Å². The third kappa shape index (κ3) is 5.86. The van der Waals surface area contributed by atoms with Crippen molar-refractivity contribution in [2.75, 3.05) is 26.2 Å². The second-order valence-corrected chi connectivity index (χ2v) is 13.1. The van der Waals surface area contributed by atoms with Gasteiger partial charge in [-0.2, -0.15) is 18.3 Å². The minimum absolute atomic E-state index is 0.0217. The molecule has 11 heteroatoms. The van der Waals surface area contributed by atoms with Gasteiger partial charge in [0.25, 0.3) is 11.8 Å². The van der Waals surface area contributed by atoms with Gasteiger partial charge in [-0.25, -0.2) is 0 Å². The number of fused-ring (bicyclic) bond motifs is 1. The number of carbonyl (C=O) groups is 2. The average Bonchev–Trinajstić information content (AvgIpc) is 3.65. The van der Waals surface area contributed by atoms with Crippen LogP contribution in [0.15, 0.2) is 36.4 Å². The molecular formula is C33H37ClF3N5O2. The van der Waals surface area contributed by atoms with Crippen LogP contribution in [0.1, 0.15) is 86.1 Å². The van der Waals surface area contributed by atoms with Gasteiger partial charge in [-0.3, -0.25) is 19.2 Å². The first kappa shape index (κ1) is 30.6. The molecule has 1 spiro atoms. The number of aryl methyl sites for hydroxylation is 3. The Morgan fingerprint density at radius 1 is 1.07 bits per heavy atom. The van der Waals surface area contributed by atoms with Crippen molar-refractivity contribution in [3.8, 4) is 0 Å². The molecule has 1 atom stereocenters. The van der Waals surface area contributed by atoms with Crippen LogP contribution in [0.2, 0.25) is 5.02 Å². The van der Waals surface area contributed by atoms with Crippen LogP contribution in [0.25, 0.3) is 0 Å². The van der Waals surface area contributed by atoms with Gasteiger partial charge in [-0.1, -0.05) is 17.7 Å². The number of piperidine rings is 1. The molecule has 1 N–H and O–H groups in total. The molecule has 2 amide bonds. The fraction of sp³-hybridized carbons (Fsp3) is 0.485. The molecule has 1 unspecified atom stereocenters. The van der Waals surface area contributed by atoms with Crippen LogP contribution in [0.3, 0.4) is 0 Å². The summed E-state index contributed by atoms with van der Waals surface area (Å²) in [6.07, 6.45) is -0.211. The number of nitrogens with zero attached hydrogens (tertiary/aromatic N) is 4. The highest BCUT2D eigenvalue weighted by Crippen LogP contribution is 2.42. The molecule has 3 aromatic rings. The SMILES string of the molecule is Cc1nn(C)c(C)c1CN1CCC2(CC1)CCN(C(=O)c1ccc3c(c1)C(NC(=O)c1cc(C(F)(F)F)ccc1Cl)CC3)C2. The molecule has 2 aliphatic heterocycles. The minimum Gasteiger partial charge on any atom is -0.345 e. The van der Waals surface area contributed by atoms with Crippen LogP contribution in [0.4, 0.5) is 13.2 Å². The fourth-order valence-electron chi connectivity index (χ4n) is 7.15. The van der Waals surface area contributed by atoms with E-state index < -0.39 is 23.7 Å². The van der Waals surface area contributed by atoms with Gasteiger partial charge in [-0.05, 0) is 106 Å². The first-order chi connectivity index (χ1) is 20.8. The van der Waals surface area contributed by atoms with E-state index in [2.05, 4.69) is 29.2 Å². The molecule has 0 saturated carbocycles. The molecule has 2 fully saturated rings. The smallest absolute Gasteiger partial charge is 0.345 e. The van der Waals surface area contributed by atoms with E-state index in [0.29, 0.717) is 24.9 Å². The Morgan fingerprint density at radius 2 is 1.80 bits per heavy atom. The molecule has 234 valence electrons. The van der Waals surface area contributed by atoms with E-state index >= 15 is 0 Å². The normalized spacial score (nSPS) is 19.9. The van der Waals surface area contributed by atoms with Crippen molar-refractivity contribution in [1.29, 1.82) is 0 Å². The van der Waals surface area contributed by atoms with Gasteiger partial charge in [-0.15, -0.1) is 0 Å². The van der Waals surface area contributed by atoms with Gasteiger partial charge in [0, 0.05) is 43.5 Å². The maximum Gasteiger partial charge on any atom is 0.416 e. The lowest BCUT2D eigenvalue weighted by atomic mass is 9.77. The van der Waals surface area contributed by atoms with E-state index in [0.717, 1.165) is 80.5 Å². The zero-order valence-electron chi connectivity index (χ0n) is 25.2. The van der Waals surface area contributed by atoms with Crippen LogP contribution in [-0.4, -0.2) is 57.6 Å². The molecule has 0 radical (unpaired) electrons. The van der Waals surface area contributed by atoms with Crippen molar-refractivity contribution in [2.45, 2.75) is 64.7 Å². The number of benzene rings is 2. The van der Waals surface area contributed by atoms with Crippen LogP contribution in [0.5, 0.6) is 0 Å². The van der Waals surface area contributed by atoms with Gasteiger partial charge in [0.1, 0.15) is 0 Å². The van der Waals surface area contributed by atoms with Gasteiger partial charge in [0.05, 0.1) is 27.9 Å². The highest BCUT2D eigenvalue weighted by molar-refractivity contribution is 6.33. The van der Waals surface area contributed by atoms with Crippen LogP contribution in [0, 0.1) is 19.3 Å². The Hall–Kier alpha value is -3.37. The Balaban J connectivity index is 1.10. The van der Waals surface area contributed by atoms with E-state index in [9.17, 15) is 22.8 Å². The van der Waals surface area contributed by atoms with E-state index in [-0.39, 0.29) is 21.9 Å². The predicted octanol–water partition coefficient (Wildman–Crippen LogP) is 6.25. The van der Waals surface area contributed by atoms with Crippen molar-refractivity contribution >= 4 is 23.4 Å². The third-order valence-corrected chi connectivity index (χ3v) is 10.3. The highest BCUT2D eigenvalue weighted by Gasteiger charge is 2.42. The molecule has 7 nitrogen and oxygen atoms in total. The molecule has 3 aliphatic rings. The monoisotopic (exact) mass is 627 g/mol. The van der Waals surface area contributed by atoms with Crippen LogP contribution in [-0.2, 0) is 26.2 Å². The standard InChI is InChI=1S/C33H37ClF3N5O2/c1-20-27(21(2)40(3)39-20)18-41-13-10-32(11-14-41)12-15-42(19-32)31(44)23-5-4-22-6-9-29(25(22)16-23)38-30(43)26-17-24(33(35,36)37)7-8-28(26)34/h4-5,7-8,16-17,29H,6,9-15,18-19H2,1-3H3,(H,38,43). The molecule has 44 heavy (non-hydrogen) atoms. The number of halogens is 4. The van der Waals surface area contributed by atoms with Crippen LogP contribution >= 0.6 is 11.6 Å². The fourth-order valence-corrected chi connectivity index (χ4v) is 7.35. The van der Waals surface area contributed by atoms with Crippen LogP contribution < -0.4 is 5.32 Å². The zero-order chi connectivity index (χ0) is 31.4. The Morgan fingerprint density at radius 3 is 2.48 bits per heavy atom. The summed E-state index contributed by atoms with van der Waals surface area (Å²) in [7, 11) is 1.98. The average molecular weight is 628 g/mol. The van der Waals surface area contributed by atoms with Gasteiger partial charge >= 0.3 is 6.18 Å². The van der Waals surface area contributed by atoms with Crippen molar-refractivity contribution in [2.24, 2.45) is 12.5 Å². The van der Waals surface area contributed by atoms with Gasteiger partial charge in [0.2, 0.25) is 0 Å². The minimum atomic E-state index is -4.59. The van der Waals surface area contributed by atoms with Crippen molar-refractivity contribution < 1.29 is 22.8 Å². The lowest BCUT2D eigenvalue weighted by molar-refractivity contribution is -0.137. The number of likely N-dealkylation sites (tertiary alicyclic amines) is 2. The number of carbonyl (C=O) groups excluding carboxylic acids is 2. The summed E-state index contributed by atoms with van der Waals surface area (Å²) in [5.74, 6) is -0.691. The molecule has 2 saturated heterocycles. The molecule has 2 aromatic carbocycles. The highest BCUT2D eigenvalue weighted by atomic mass is 35.5. The maximum absolute atomic E-state index is 13.7. The van der Waals surface area contributed by atoms with Gasteiger partial charge < -0.3 is 10.2 Å². The lowest BCUT2D eigenvalue weighted by Gasteiger charge is -2.39. The first-order valence-electron chi connectivity index (χ1n) is 15.1. The Labute approximate surface area is 260 Å². The molecule has 3 heterocycles. The summed E-state index contributed by atoms with van der Waals surface area (Å²) in [5, 5.41) is 7.37. The summed E-state index contributed by atoms with van der Waals surface area (Å²) >= 11 is 6.10. The van der Waals surface area contributed by atoms with Crippen molar-refractivity contribution in [1.82, 2.24) is 24.9 Å². The molecular weight excluding hydrogens is 591 g/mol. The van der Waals surface area contributed by atoms with E-state index in [1.165, 1.54) is 11.3 Å². The zero-order valence-corrected chi connectivity index (χ0v) is 26.0. The summed E-state index contributed by atoms with van der Waals surface area (Å²) < 4.78 is 41.7. The Bertz CT molecular complexity index is 1610. The van der Waals surface area contributed by atoms with E-state index in [4.69, 9.17) is 11.6 Å². The lowest BCUT2D eigenvalue weighted by Crippen LogP contribution is -2.42. The molecule has 1 aliphatic carbocycles. The summed E-state index contributed by atoms with van der Waals surface area (Å²) in [6, 6.07) is 7.93. The third-order valence-electron chi connectivity index (χ3n) is 10.00. The van der Waals surface area contributed by atoms with E-state index in [1.807, 2.05) is 34.8 Å². The molecule has 6 rings (SSSR count). The molecule has 0 bridgehead atoms. The maximum atomic E-state index is 13.7. The first-order valence-corrected chi connectivity index (χ1v) is 15.5. The van der Waals surface area contributed by atoms with Crippen molar-refractivity contribution in [3.05, 3.63) is 86.2 Å². The number of alkyl halides is 3. The number of hydrogen-bond acceptors (Lipinski definition) is 4. The summed E-state index contributed by atoms with van der Waals surface area (Å²) in [6.45, 7) is 8.51. The summed E-state index contributed by atoms with van der Waals surface area (Å²) in [4.78, 5) is 31.2. The Kier molecular flexibility index (Phi) is 8.03. The number of rotatable bonds is 5. The summed E-state index contributed by atoms with van der Waals surface area (Å²) in [5.41, 5.74) is 4.98. The second kappa shape index (κ2) is 11.5. The number of nitrogens with one attached hydrogen (secondary N) is 1. The van der Waals surface area contributed by atoms with Gasteiger partial charge in [0.15, 0.2) is 0 Å². The van der Waals surface area contributed by atoms with E-state index in [1.54, 1.807) is 0 Å². The number of amides is 2. The largest absolute Gasteiger partial charge is 0.416 e. The second-order valence-electron chi connectivity index (χ2n) is 12.7. The predicted molar refractivity (Wildman–Crippen MR) is 162 cm³/mol.